The van der Waals surface area contributed by atoms with Crippen molar-refractivity contribution in [3.63, 3.8) is 0 Å². The van der Waals surface area contributed by atoms with Crippen LogP contribution in [0.2, 0.25) is 0 Å². The first-order valence-electron chi connectivity index (χ1n) is 6.94. The zero-order valence-corrected chi connectivity index (χ0v) is 11.4. The number of hydrogen-bond donors (Lipinski definition) is 1. The van der Waals surface area contributed by atoms with Crippen molar-refractivity contribution in [2.24, 2.45) is 0 Å². The smallest absolute Gasteiger partial charge is 0.158 e. The van der Waals surface area contributed by atoms with Crippen LogP contribution in [0, 0.1) is 0 Å². The lowest BCUT2D eigenvalue weighted by molar-refractivity contribution is -0.197. The van der Waals surface area contributed by atoms with E-state index in [9.17, 15) is 5.11 Å². The lowest BCUT2D eigenvalue weighted by Crippen LogP contribution is -2.32. The lowest BCUT2D eigenvalue weighted by atomic mass is 10.1. The Labute approximate surface area is 114 Å². The minimum Gasteiger partial charge on any atom is -0.386 e. The highest BCUT2D eigenvalue weighted by molar-refractivity contribution is 5.49. The van der Waals surface area contributed by atoms with Crippen molar-refractivity contribution in [3.05, 3.63) is 42.0 Å². The van der Waals surface area contributed by atoms with E-state index in [0.717, 1.165) is 31.4 Å². The van der Waals surface area contributed by atoms with E-state index < -0.39 is 6.10 Å². The zero-order valence-electron chi connectivity index (χ0n) is 11.4. The van der Waals surface area contributed by atoms with Gasteiger partial charge in [0.25, 0.3) is 0 Å². The van der Waals surface area contributed by atoms with Gasteiger partial charge in [-0.15, -0.1) is 0 Å². The van der Waals surface area contributed by atoms with E-state index in [4.69, 9.17) is 9.47 Å². The number of aliphatic hydroxyl groups excluding tert-OH is 1. The second kappa shape index (κ2) is 7.43. The van der Waals surface area contributed by atoms with Crippen molar-refractivity contribution in [3.8, 4) is 0 Å². The van der Waals surface area contributed by atoms with Crippen LogP contribution in [0.15, 0.2) is 36.4 Å². The van der Waals surface area contributed by atoms with Gasteiger partial charge in [-0.05, 0) is 31.7 Å². The molecule has 1 heterocycles. The van der Waals surface area contributed by atoms with Crippen molar-refractivity contribution in [1.82, 2.24) is 0 Å². The van der Waals surface area contributed by atoms with E-state index in [-0.39, 0.29) is 12.4 Å². The van der Waals surface area contributed by atoms with Gasteiger partial charge in [-0.3, -0.25) is 0 Å². The molecule has 1 saturated heterocycles. The Morgan fingerprint density at radius 3 is 2.79 bits per heavy atom. The van der Waals surface area contributed by atoms with Crippen LogP contribution >= 0.6 is 0 Å². The summed E-state index contributed by atoms with van der Waals surface area (Å²) in [6, 6.07) is 9.92. The molecule has 0 saturated carbocycles. The van der Waals surface area contributed by atoms with Crippen molar-refractivity contribution >= 4 is 6.08 Å². The van der Waals surface area contributed by atoms with Gasteiger partial charge in [0, 0.05) is 6.61 Å². The van der Waals surface area contributed by atoms with Gasteiger partial charge in [0.2, 0.25) is 0 Å². The van der Waals surface area contributed by atoms with E-state index in [1.165, 1.54) is 0 Å². The molecular formula is C16H22O3. The Bertz CT molecular complexity index is 382. The molecule has 3 atom stereocenters. The first kappa shape index (κ1) is 14.3. The van der Waals surface area contributed by atoms with Crippen molar-refractivity contribution in [2.45, 2.75) is 44.7 Å². The first-order valence-corrected chi connectivity index (χ1v) is 6.94. The summed E-state index contributed by atoms with van der Waals surface area (Å²) >= 11 is 0. The fourth-order valence-electron chi connectivity index (χ4n) is 2.07. The molecule has 0 aliphatic carbocycles. The summed E-state index contributed by atoms with van der Waals surface area (Å²) in [5.41, 5.74) is 1.07. The molecule has 1 fully saturated rings. The van der Waals surface area contributed by atoms with E-state index in [1.807, 2.05) is 43.3 Å². The molecule has 0 radical (unpaired) electrons. The summed E-state index contributed by atoms with van der Waals surface area (Å²) in [5.74, 6) is 0. The maximum absolute atomic E-state index is 10.0. The molecule has 19 heavy (non-hydrogen) atoms. The van der Waals surface area contributed by atoms with E-state index in [0.29, 0.717) is 0 Å². The minimum absolute atomic E-state index is 0.163. The molecule has 0 aromatic heterocycles. The predicted molar refractivity (Wildman–Crippen MR) is 75.6 cm³/mol. The van der Waals surface area contributed by atoms with Gasteiger partial charge < -0.3 is 14.6 Å². The number of benzene rings is 1. The SMILES string of the molecule is C[C@H](OC1CCCCO1)[C@H](O)/C=C/c1ccccc1. The summed E-state index contributed by atoms with van der Waals surface area (Å²) in [7, 11) is 0. The molecule has 0 amide bonds. The number of aliphatic hydroxyl groups is 1. The summed E-state index contributed by atoms with van der Waals surface area (Å²) in [4.78, 5) is 0. The van der Waals surface area contributed by atoms with Crippen LogP contribution in [0.3, 0.4) is 0 Å². The fraction of sp³-hybridized carbons (Fsp3) is 0.500. The molecule has 3 nitrogen and oxygen atoms in total. The van der Waals surface area contributed by atoms with Gasteiger partial charge >= 0.3 is 0 Å². The largest absolute Gasteiger partial charge is 0.386 e. The molecule has 3 heteroatoms. The first-order chi connectivity index (χ1) is 9.25. The van der Waals surface area contributed by atoms with Gasteiger partial charge in [0.1, 0.15) is 0 Å². The van der Waals surface area contributed by atoms with Crippen LogP contribution in [0.1, 0.15) is 31.7 Å². The number of rotatable bonds is 5. The van der Waals surface area contributed by atoms with E-state index in [2.05, 4.69) is 0 Å². The third kappa shape index (κ3) is 4.78. The highest BCUT2D eigenvalue weighted by Crippen LogP contribution is 2.17. The average molecular weight is 262 g/mol. The number of ether oxygens (including phenoxy) is 2. The summed E-state index contributed by atoms with van der Waals surface area (Å²) in [5, 5.41) is 10.0. The Kier molecular flexibility index (Phi) is 5.58. The maximum atomic E-state index is 10.0. The molecule has 1 N–H and O–H groups in total. The Balaban J connectivity index is 1.81. The molecular weight excluding hydrogens is 240 g/mol. The van der Waals surface area contributed by atoms with Crippen LogP contribution in [0.4, 0.5) is 0 Å². The van der Waals surface area contributed by atoms with Crippen molar-refractivity contribution in [2.75, 3.05) is 6.61 Å². The standard InChI is InChI=1S/C16H22O3/c1-13(19-16-9-5-6-12-18-16)15(17)11-10-14-7-3-2-4-8-14/h2-4,7-8,10-11,13,15-17H,5-6,9,12H2,1H3/b11-10+/t13-,15+,16?/m0/s1. The van der Waals surface area contributed by atoms with Gasteiger partial charge in [0.15, 0.2) is 6.29 Å². The van der Waals surface area contributed by atoms with Gasteiger partial charge in [-0.25, -0.2) is 0 Å². The minimum atomic E-state index is -0.620. The molecule has 1 aromatic carbocycles. The molecule has 1 aliphatic rings. The van der Waals surface area contributed by atoms with Crippen LogP contribution in [0.5, 0.6) is 0 Å². The normalized spacial score (nSPS) is 23.4. The lowest BCUT2D eigenvalue weighted by Gasteiger charge is -2.27. The number of hydrogen-bond acceptors (Lipinski definition) is 3. The van der Waals surface area contributed by atoms with E-state index >= 15 is 0 Å². The second-order valence-corrected chi connectivity index (χ2v) is 4.90. The molecule has 1 aliphatic heterocycles. The summed E-state index contributed by atoms with van der Waals surface area (Å²) < 4.78 is 11.2. The third-order valence-electron chi connectivity index (χ3n) is 3.27. The third-order valence-corrected chi connectivity index (χ3v) is 3.27. The highest BCUT2D eigenvalue weighted by Gasteiger charge is 2.20. The fourth-order valence-corrected chi connectivity index (χ4v) is 2.07. The Hall–Kier alpha value is -1.16. The predicted octanol–water partition coefficient (Wildman–Crippen LogP) is 2.99. The monoisotopic (exact) mass is 262 g/mol. The molecule has 104 valence electrons. The topological polar surface area (TPSA) is 38.7 Å². The van der Waals surface area contributed by atoms with Crippen LogP contribution in [0.25, 0.3) is 6.08 Å². The zero-order chi connectivity index (χ0) is 13.5. The van der Waals surface area contributed by atoms with Crippen molar-refractivity contribution < 1.29 is 14.6 Å². The van der Waals surface area contributed by atoms with Gasteiger partial charge in [-0.1, -0.05) is 42.5 Å². The molecule has 1 aromatic rings. The molecule has 0 bridgehead atoms. The molecule has 2 rings (SSSR count). The van der Waals surface area contributed by atoms with Crippen LogP contribution in [-0.4, -0.2) is 30.2 Å². The van der Waals surface area contributed by atoms with Crippen LogP contribution < -0.4 is 0 Å². The Morgan fingerprint density at radius 2 is 2.11 bits per heavy atom. The van der Waals surface area contributed by atoms with E-state index in [1.54, 1.807) is 6.08 Å². The maximum Gasteiger partial charge on any atom is 0.158 e. The Morgan fingerprint density at radius 1 is 1.32 bits per heavy atom. The quantitative estimate of drug-likeness (QED) is 0.886. The second-order valence-electron chi connectivity index (χ2n) is 4.90. The molecule has 0 spiro atoms. The van der Waals surface area contributed by atoms with Gasteiger partial charge in [-0.2, -0.15) is 0 Å². The molecule has 1 unspecified atom stereocenters. The van der Waals surface area contributed by atoms with Crippen molar-refractivity contribution in [1.29, 1.82) is 0 Å². The average Bonchev–Trinajstić information content (AvgIpc) is 2.47. The van der Waals surface area contributed by atoms with Gasteiger partial charge in [0.05, 0.1) is 12.2 Å². The summed E-state index contributed by atoms with van der Waals surface area (Å²) in [6.07, 6.45) is 5.78. The van der Waals surface area contributed by atoms with Crippen LogP contribution in [-0.2, 0) is 9.47 Å². The highest BCUT2D eigenvalue weighted by atomic mass is 16.7. The summed E-state index contributed by atoms with van der Waals surface area (Å²) in [6.45, 7) is 2.63.